The third-order valence-electron chi connectivity index (χ3n) is 18.1. The Bertz CT molecular complexity index is 3720. The van der Waals surface area contributed by atoms with Crippen LogP contribution in [0, 0.1) is 23.7 Å². The topological polar surface area (TPSA) is 38.7 Å². The van der Waals surface area contributed by atoms with Crippen molar-refractivity contribution in [1.82, 2.24) is 15.0 Å². The summed E-state index contributed by atoms with van der Waals surface area (Å²) < 4.78 is 0. The molecule has 336 valence electrons. The lowest BCUT2D eigenvalue weighted by molar-refractivity contribution is -0.0399. The van der Waals surface area contributed by atoms with Gasteiger partial charge >= 0.3 is 0 Å². The molecular weight excluding hydrogens is 859 g/mol. The summed E-state index contributed by atoms with van der Waals surface area (Å²) in [5.41, 5.74) is 24.0. The van der Waals surface area contributed by atoms with Crippen molar-refractivity contribution in [3.05, 3.63) is 246 Å². The summed E-state index contributed by atoms with van der Waals surface area (Å²) in [5.74, 6) is 5.14. The first-order chi connectivity index (χ1) is 35.1. The number of nitrogens with zero attached hydrogens (tertiary/aromatic N) is 3. The molecule has 0 N–H and O–H groups in total. The molecule has 7 aliphatic rings. The maximum atomic E-state index is 5.33. The molecule has 17 rings (SSSR count). The number of hydrogen-bond donors (Lipinski definition) is 0. The summed E-state index contributed by atoms with van der Waals surface area (Å²) in [5, 5.41) is 0. The Hall–Kier alpha value is -8.01. The highest BCUT2D eigenvalue weighted by molar-refractivity contribution is 5.96. The maximum Gasteiger partial charge on any atom is 0.164 e. The molecule has 1 heterocycles. The highest BCUT2D eigenvalue weighted by atomic mass is 15.0. The molecule has 0 amide bonds. The Morgan fingerprint density at radius 2 is 0.662 bits per heavy atom. The molecule has 10 aromatic rings. The molecule has 0 radical (unpaired) electrons. The molecule has 7 aliphatic carbocycles. The van der Waals surface area contributed by atoms with Crippen molar-refractivity contribution in [2.24, 2.45) is 23.7 Å². The second kappa shape index (κ2) is 14.8. The maximum absolute atomic E-state index is 5.33. The van der Waals surface area contributed by atoms with Crippen molar-refractivity contribution >= 4 is 0 Å². The van der Waals surface area contributed by atoms with Crippen LogP contribution in [0.1, 0.15) is 65.5 Å². The second-order valence-corrected chi connectivity index (χ2v) is 21.5. The Balaban J connectivity index is 0.921. The zero-order chi connectivity index (χ0) is 46.4. The van der Waals surface area contributed by atoms with E-state index in [0.29, 0.717) is 29.3 Å². The first-order valence-corrected chi connectivity index (χ1v) is 25.8. The summed E-state index contributed by atoms with van der Waals surface area (Å²) in [4.78, 5) is 15.8. The molecule has 3 nitrogen and oxygen atoms in total. The highest BCUT2D eigenvalue weighted by Gasteiger charge is 2.61. The van der Waals surface area contributed by atoms with Gasteiger partial charge in [0.1, 0.15) is 0 Å². The summed E-state index contributed by atoms with van der Waals surface area (Å²) in [6.07, 6.45) is 6.88. The van der Waals surface area contributed by atoms with Crippen LogP contribution in [0.3, 0.4) is 0 Å². The Morgan fingerprint density at radius 1 is 0.268 bits per heavy atom. The van der Waals surface area contributed by atoms with Gasteiger partial charge in [-0.25, -0.2) is 15.0 Å². The number of benzene rings is 9. The fourth-order valence-corrected chi connectivity index (χ4v) is 15.6. The number of rotatable bonds is 5. The average Bonchev–Trinajstić information content (AvgIpc) is 4.03. The zero-order valence-electron chi connectivity index (χ0n) is 39.4. The van der Waals surface area contributed by atoms with Crippen LogP contribution in [0.15, 0.2) is 212 Å². The van der Waals surface area contributed by atoms with Crippen LogP contribution >= 0.6 is 0 Å². The summed E-state index contributed by atoms with van der Waals surface area (Å²) in [6, 6.07) is 79.2. The lowest BCUT2D eigenvalue weighted by Crippen LogP contribution is -2.55. The minimum Gasteiger partial charge on any atom is -0.208 e. The Kier molecular flexibility index (Phi) is 8.27. The fourth-order valence-electron chi connectivity index (χ4n) is 15.6. The lowest BCUT2D eigenvalue weighted by atomic mass is 9.43. The van der Waals surface area contributed by atoms with Gasteiger partial charge in [0.15, 0.2) is 17.5 Å². The minimum atomic E-state index is -0.396. The quantitative estimate of drug-likeness (QED) is 0.173. The third kappa shape index (κ3) is 5.47. The molecule has 9 aromatic carbocycles. The Labute approximate surface area is 415 Å². The van der Waals surface area contributed by atoms with E-state index in [2.05, 4.69) is 200 Å². The molecule has 71 heavy (non-hydrogen) atoms. The van der Waals surface area contributed by atoms with Crippen LogP contribution in [0.2, 0.25) is 0 Å². The van der Waals surface area contributed by atoms with Crippen molar-refractivity contribution in [3.8, 4) is 89.8 Å². The van der Waals surface area contributed by atoms with Crippen molar-refractivity contribution in [1.29, 1.82) is 0 Å². The minimum absolute atomic E-state index is 0.0694. The van der Waals surface area contributed by atoms with Crippen LogP contribution in [-0.4, -0.2) is 15.0 Å². The van der Waals surface area contributed by atoms with Gasteiger partial charge in [-0.1, -0.05) is 182 Å². The van der Waals surface area contributed by atoms with E-state index in [4.69, 9.17) is 15.0 Å². The molecular formula is C68H49N3. The number of fused-ring (bicyclic) bond motifs is 13. The van der Waals surface area contributed by atoms with Gasteiger partial charge in [-0.2, -0.15) is 0 Å². The van der Waals surface area contributed by atoms with Gasteiger partial charge in [0.05, 0.1) is 5.41 Å². The van der Waals surface area contributed by atoms with Gasteiger partial charge < -0.3 is 0 Å². The van der Waals surface area contributed by atoms with E-state index in [1.54, 1.807) is 11.1 Å². The van der Waals surface area contributed by atoms with Crippen molar-refractivity contribution in [2.45, 2.75) is 42.9 Å². The summed E-state index contributed by atoms with van der Waals surface area (Å²) >= 11 is 0. The molecule has 0 aliphatic heterocycles. The van der Waals surface area contributed by atoms with Gasteiger partial charge in [-0.15, -0.1) is 0 Å². The van der Waals surface area contributed by atoms with E-state index >= 15 is 0 Å². The van der Waals surface area contributed by atoms with Crippen molar-refractivity contribution < 1.29 is 0 Å². The molecule has 1 aromatic heterocycles. The molecule has 0 saturated heterocycles. The van der Waals surface area contributed by atoms with Gasteiger partial charge in [-0.05, 0) is 175 Å². The Morgan fingerprint density at radius 3 is 1.21 bits per heavy atom. The van der Waals surface area contributed by atoms with Gasteiger partial charge in [-0.3, -0.25) is 0 Å². The van der Waals surface area contributed by atoms with Crippen LogP contribution < -0.4 is 0 Å². The second-order valence-electron chi connectivity index (χ2n) is 21.5. The predicted octanol–water partition coefficient (Wildman–Crippen LogP) is 16.3. The van der Waals surface area contributed by atoms with E-state index < -0.39 is 5.41 Å². The zero-order valence-corrected chi connectivity index (χ0v) is 39.4. The largest absolute Gasteiger partial charge is 0.208 e. The van der Waals surface area contributed by atoms with E-state index in [9.17, 15) is 0 Å². The van der Waals surface area contributed by atoms with Crippen LogP contribution in [0.5, 0.6) is 0 Å². The van der Waals surface area contributed by atoms with Gasteiger partial charge in [0.25, 0.3) is 0 Å². The molecule has 0 unspecified atom stereocenters. The SMILES string of the molecule is c1ccc(-c2nc(-c3ccccc3)nc(-c3cc(-c4ccc5c(c4)-c4ccccc4C54c5ccccc5-c5ccccc54)cc(-c4ccc5c(c4)C4(c6ccccc6-5)C5CC6CC(C5)CC4C6)c3)n2)cc1. The monoisotopic (exact) mass is 907 g/mol. The molecule has 2 spiro atoms. The smallest absolute Gasteiger partial charge is 0.164 e. The van der Waals surface area contributed by atoms with Crippen molar-refractivity contribution in [3.63, 3.8) is 0 Å². The standard InChI is InChI=1S/C68H49N3/c1-3-15-43(16-4-1)64-69-65(44-17-5-2-6-18-44)71-66(70-64)49-37-47(45-28-30-62-57(39-45)55-22-10-14-26-61(55)68(62)59-24-12-8-19-52(59)53-20-9-13-25-60(53)68)36-48(38-49)46-27-29-56-54-21-7-11-23-58(54)67(63(56)40-46)50-32-41-31-42(34-50)35-51(67)33-41/h1-30,36-42,50-51H,31-35H2. The third-order valence-corrected chi connectivity index (χ3v) is 18.1. The summed E-state index contributed by atoms with van der Waals surface area (Å²) in [7, 11) is 0. The van der Waals surface area contributed by atoms with Crippen LogP contribution in [0.4, 0.5) is 0 Å². The number of hydrogen-bond acceptors (Lipinski definition) is 3. The van der Waals surface area contributed by atoms with E-state index in [0.717, 1.165) is 34.1 Å². The fraction of sp³-hybridized carbons (Fsp3) is 0.162. The van der Waals surface area contributed by atoms with E-state index in [1.807, 2.05) is 12.1 Å². The first-order valence-electron chi connectivity index (χ1n) is 25.8. The normalized spacial score (nSPS) is 21.7. The first kappa shape index (κ1) is 39.8. The molecule has 0 atom stereocenters. The molecule has 3 heteroatoms. The predicted molar refractivity (Wildman–Crippen MR) is 287 cm³/mol. The van der Waals surface area contributed by atoms with E-state index in [1.165, 1.54) is 104 Å². The molecule has 4 bridgehead atoms. The van der Waals surface area contributed by atoms with Crippen molar-refractivity contribution in [2.75, 3.05) is 0 Å². The van der Waals surface area contributed by atoms with Gasteiger partial charge in [0.2, 0.25) is 0 Å². The molecule has 4 fully saturated rings. The lowest BCUT2D eigenvalue weighted by Gasteiger charge is -2.61. The molecule has 4 saturated carbocycles. The van der Waals surface area contributed by atoms with Crippen LogP contribution in [-0.2, 0) is 10.8 Å². The average molecular weight is 908 g/mol. The van der Waals surface area contributed by atoms with Crippen LogP contribution in [0.25, 0.3) is 89.8 Å². The summed E-state index contributed by atoms with van der Waals surface area (Å²) in [6.45, 7) is 0. The van der Waals surface area contributed by atoms with E-state index in [-0.39, 0.29) is 5.41 Å². The number of aromatic nitrogens is 3. The van der Waals surface area contributed by atoms with Gasteiger partial charge in [0, 0.05) is 22.1 Å². The highest BCUT2D eigenvalue weighted by Crippen LogP contribution is 2.70.